The molecule has 98 valence electrons. The van der Waals surface area contributed by atoms with Crippen molar-refractivity contribution in [2.24, 2.45) is 5.73 Å². The normalized spacial score (nSPS) is 11.1. The van der Waals surface area contributed by atoms with Crippen LogP contribution < -0.4 is 10.6 Å². The lowest BCUT2D eigenvalue weighted by Gasteiger charge is -2.20. The smallest absolute Gasteiger partial charge is 0.205 e. The molecule has 0 radical (unpaired) electrons. The Morgan fingerprint density at radius 3 is 2.71 bits per heavy atom. The molecule has 1 rings (SSSR count). The van der Waals surface area contributed by atoms with Crippen LogP contribution in [0.3, 0.4) is 0 Å². The average Bonchev–Trinajstić information content (AvgIpc) is 2.79. The summed E-state index contributed by atoms with van der Waals surface area (Å²) < 4.78 is 9.48. The first-order valence-electron chi connectivity index (χ1n) is 5.96. The summed E-state index contributed by atoms with van der Waals surface area (Å²) in [5.41, 5.74) is 5.55. The Bertz CT molecular complexity index is 308. The van der Waals surface area contributed by atoms with Gasteiger partial charge in [0.2, 0.25) is 5.13 Å². The van der Waals surface area contributed by atoms with Crippen LogP contribution in [0.5, 0.6) is 0 Å². The summed E-state index contributed by atoms with van der Waals surface area (Å²) in [7, 11) is 1.71. The Morgan fingerprint density at radius 2 is 2.18 bits per heavy atom. The number of hydrogen-bond acceptors (Lipinski definition) is 6. The molecule has 0 bridgehead atoms. The van der Waals surface area contributed by atoms with Crippen LogP contribution in [0.15, 0.2) is 0 Å². The molecule has 6 heteroatoms. The van der Waals surface area contributed by atoms with Gasteiger partial charge in [0.25, 0.3) is 0 Å². The standard InChI is InChI=1S/C11H22N4OS/c1-9(2)10-13-11(17-14-10)15(6-4-5-12)7-8-16-3/h9H,4-8,12H2,1-3H3. The minimum Gasteiger partial charge on any atom is -0.383 e. The van der Waals surface area contributed by atoms with E-state index in [0.717, 1.165) is 30.5 Å². The molecule has 1 aromatic rings. The van der Waals surface area contributed by atoms with Crippen molar-refractivity contribution in [2.45, 2.75) is 26.2 Å². The lowest BCUT2D eigenvalue weighted by atomic mass is 10.2. The summed E-state index contributed by atoms with van der Waals surface area (Å²) in [6.07, 6.45) is 0.959. The third kappa shape index (κ3) is 4.57. The highest BCUT2D eigenvalue weighted by atomic mass is 32.1. The fraction of sp³-hybridized carbons (Fsp3) is 0.818. The number of anilines is 1. The van der Waals surface area contributed by atoms with Crippen molar-refractivity contribution in [3.05, 3.63) is 5.82 Å². The van der Waals surface area contributed by atoms with E-state index >= 15 is 0 Å². The lowest BCUT2D eigenvalue weighted by molar-refractivity contribution is 0.205. The highest BCUT2D eigenvalue weighted by Gasteiger charge is 2.13. The molecule has 1 heterocycles. The number of methoxy groups -OCH3 is 1. The molecule has 0 fully saturated rings. The van der Waals surface area contributed by atoms with Crippen molar-refractivity contribution < 1.29 is 4.74 Å². The topological polar surface area (TPSA) is 64.3 Å². The van der Waals surface area contributed by atoms with E-state index in [-0.39, 0.29) is 0 Å². The van der Waals surface area contributed by atoms with Gasteiger partial charge in [-0.1, -0.05) is 13.8 Å². The monoisotopic (exact) mass is 258 g/mol. The Labute approximate surface area is 107 Å². The van der Waals surface area contributed by atoms with Gasteiger partial charge in [-0.3, -0.25) is 0 Å². The third-order valence-electron chi connectivity index (χ3n) is 2.42. The van der Waals surface area contributed by atoms with E-state index in [9.17, 15) is 0 Å². The molecule has 0 aliphatic heterocycles. The summed E-state index contributed by atoms with van der Waals surface area (Å²) in [6, 6.07) is 0. The van der Waals surface area contributed by atoms with Crippen molar-refractivity contribution in [1.29, 1.82) is 0 Å². The molecule has 0 unspecified atom stereocenters. The van der Waals surface area contributed by atoms with Gasteiger partial charge in [-0.05, 0) is 13.0 Å². The van der Waals surface area contributed by atoms with Crippen LogP contribution in [0.25, 0.3) is 0 Å². The highest BCUT2D eigenvalue weighted by molar-refractivity contribution is 7.09. The first-order valence-corrected chi connectivity index (χ1v) is 6.74. The summed E-state index contributed by atoms with van der Waals surface area (Å²) >= 11 is 1.46. The second-order valence-corrected chi connectivity index (χ2v) is 4.94. The Morgan fingerprint density at radius 1 is 1.41 bits per heavy atom. The van der Waals surface area contributed by atoms with Crippen molar-refractivity contribution in [3.63, 3.8) is 0 Å². The van der Waals surface area contributed by atoms with Crippen molar-refractivity contribution in [2.75, 3.05) is 38.3 Å². The Hall–Kier alpha value is -0.720. The molecule has 0 saturated carbocycles. The van der Waals surface area contributed by atoms with Crippen LogP contribution in [0.4, 0.5) is 5.13 Å². The van der Waals surface area contributed by atoms with Gasteiger partial charge in [-0.15, -0.1) is 0 Å². The van der Waals surface area contributed by atoms with E-state index in [4.69, 9.17) is 10.5 Å². The van der Waals surface area contributed by atoms with E-state index in [2.05, 4.69) is 28.1 Å². The van der Waals surface area contributed by atoms with E-state index < -0.39 is 0 Å². The maximum atomic E-state index is 5.55. The van der Waals surface area contributed by atoms with Gasteiger partial charge in [-0.2, -0.15) is 4.37 Å². The van der Waals surface area contributed by atoms with E-state index in [1.54, 1.807) is 7.11 Å². The van der Waals surface area contributed by atoms with Crippen LogP contribution in [-0.2, 0) is 4.74 Å². The zero-order chi connectivity index (χ0) is 12.7. The fourth-order valence-corrected chi connectivity index (χ4v) is 2.24. The van der Waals surface area contributed by atoms with Gasteiger partial charge in [0, 0.05) is 37.6 Å². The van der Waals surface area contributed by atoms with Crippen molar-refractivity contribution >= 4 is 16.7 Å². The number of nitrogens with two attached hydrogens (primary N) is 1. The van der Waals surface area contributed by atoms with Crippen LogP contribution in [-0.4, -0.2) is 42.7 Å². The molecule has 2 N–H and O–H groups in total. The largest absolute Gasteiger partial charge is 0.383 e. The molecule has 0 saturated heterocycles. The molecule has 0 aliphatic carbocycles. The SMILES string of the molecule is COCCN(CCCN)c1nc(C(C)C)ns1. The summed E-state index contributed by atoms with van der Waals surface area (Å²) in [6.45, 7) is 7.34. The fourth-order valence-electron chi connectivity index (χ4n) is 1.38. The molecular weight excluding hydrogens is 236 g/mol. The van der Waals surface area contributed by atoms with Crippen molar-refractivity contribution in [3.8, 4) is 0 Å². The first kappa shape index (κ1) is 14.3. The quantitative estimate of drug-likeness (QED) is 0.765. The van der Waals surface area contributed by atoms with Crippen molar-refractivity contribution in [1.82, 2.24) is 9.36 Å². The van der Waals surface area contributed by atoms with E-state index in [1.807, 2.05) is 0 Å². The molecular formula is C11H22N4OS. The molecule has 0 amide bonds. The summed E-state index contributed by atoms with van der Waals surface area (Å²) in [5.74, 6) is 1.29. The molecule has 0 aromatic carbocycles. The average molecular weight is 258 g/mol. The highest BCUT2D eigenvalue weighted by Crippen LogP contribution is 2.21. The minimum atomic E-state index is 0.374. The molecule has 0 atom stereocenters. The number of rotatable bonds is 8. The zero-order valence-electron chi connectivity index (χ0n) is 10.8. The second-order valence-electron chi connectivity index (χ2n) is 4.21. The maximum Gasteiger partial charge on any atom is 0.205 e. The maximum absolute atomic E-state index is 5.55. The second kappa shape index (κ2) is 7.58. The Balaban J connectivity index is 2.65. The first-order chi connectivity index (χ1) is 8.19. The number of nitrogens with zero attached hydrogens (tertiary/aromatic N) is 3. The van der Waals surface area contributed by atoms with Gasteiger partial charge >= 0.3 is 0 Å². The van der Waals surface area contributed by atoms with Gasteiger partial charge in [0.1, 0.15) is 5.82 Å². The number of hydrogen-bond donors (Lipinski definition) is 1. The van der Waals surface area contributed by atoms with Gasteiger partial charge in [0.15, 0.2) is 0 Å². The van der Waals surface area contributed by atoms with E-state index in [0.29, 0.717) is 19.1 Å². The van der Waals surface area contributed by atoms with Crippen LogP contribution in [0, 0.1) is 0 Å². The predicted molar refractivity (Wildman–Crippen MR) is 71.8 cm³/mol. The van der Waals surface area contributed by atoms with Crippen LogP contribution in [0.2, 0.25) is 0 Å². The third-order valence-corrected chi connectivity index (χ3v) is 3.21. The lowest BCUT2D eigenvalue weighted by Crippen LogP contribution is -2.29. The molecule has 0 aliphatic rings. The van der Waals surface area contributed by atoms with Gasteiger partial charge < -0.3 is 15.4 Å². The molecule has 17 heavy (non-hydrogen) atoms. The summed E-state index contributed by atoms with van der Waals surface area (Å²) in [4.78, 5) is 6.75. The van der Waals surface area contributed by atoms with Crippen LogP contribution >= 0.6 is 11.5 Å². The zero-order valence-corrected chi connectivity index (χ0v) is 11.7. The molecule has 5 nitrogen and oxygen atoms in total. The summed E-state index contributed by atoms with van der Waals surface area (Å²) in [5, 5.41) is 0.971. The van der Waals surface area contributed by atoms with Crippen LogP contribution in [0.1, 0.15) is 32.0 Å². The number of ether oxygens (including phenoxy) is 1. The van der Waals surface area contributed by atoms with Gasteiger partial charge in [0.05, 0.1) is 6.61 Å². The number of aromatic nitrogens is 2. The molecule has 0 spiro atoms. The Kier molecular flexibility index (Phi) is 6.39. The molecule has 1 aromatic heterocycles. The van der Waals surface area contributed by atoms with Gasteiger partial charge in [-0.25, -0.2) is 4.98 Å². The van der Waals surface area contributed by atoms with E-state index in [1.165, 1.54) is 11.5 Å². The predicted octanol–water partition coefficient (Wildman–Crippen LogP) is 1.46. The minimum absolute atomic E-state index is 0.374.